The Kier molecular flexibility index (Phi) is 5.38. The monoisotopic (exact) mass is 417 g/mol. The lowest BCUT2D eigenvalue weighted by Crippen LogP contribution is -2.46. The maximum Gasteiger partial charge on any atom is 0.335 e. The van der Waals surface area contributed by atoms with Crippen LogP contribution in [0.1, 0.15) is 28.8 Å². The van der Waals surface area contributed by atoms with Gasteiger partial charge in [-0.25, -0.2) is 4.79 Å². The molecule has 6 nitrogen and oxygen atoms in total. The highest BCUT2D eigenvalue weighted by Gasteiger charge is 2.17. The predicted octanol–water partition coefficient (Wildman–Crippen LogP) is 4.76. The zero-order valence-electron chi connectivity index (χ0n) is 17.5. The highest BCUT2D eigenvalue weighted by Crippen LogP contribution is 2.24. The topological polar surface area (TPSA) is 72.7 Å². The van der Waals surface area contributed by atoms with Crippen molar-refractivity contribution < 1.29 is 14.3 Å². The number of unbranched alkanes of at least 4 members (excludes halogenated alkanes) is 1. The molecule has 6 heteroatoms. The number of carboxylic acid groups (broad SMARTS) is 1. The Balaban J connectivity index is 1.10. The first-order valence-electron chi connectivity index (χ1n) is 11.0. The molecule has 0 amide bonds. The molecule has 4 aromatic rings. The van der Waals surface area contributed by atoms with Gasteiger partial charge < -0.3 is 19.4 Å². The van der Waals surface area contributed by atoms with E-state index in [2.05, 4.69) is 33.0 Å². The number of aromatic amines is 1. The standard InChI is InChI=1S/C25H27N3O3/c29-25(30)19-4-6-23-22(16-19)20(17-26-23)3-1-2-9-27-10-12-28(13-11-27)21-5-7-24-18(15-21)8-14-31-24/h4-8,14-17,26H,1-3,9-13H2,(H,29,30). The van der Waals surface area contributed by atoms with Crippen LogP contribution < -0.4 is 4.90 Å². The predicted molar refractivity (Wildman–Crippen MR) is 123 cm³/mol. The number of piperazine rings is 1. The Morgan fingerprint density at radius 3 is 2.74 bits per heavy atom. The van der Waals surface area contributed by atoms with E-state index in [1.54, 1.807) is 18.4 Å². The fourth-order valence-corrected chi connectivity index (χ4v) is 4.55. The van der Waals surface area contributed by atoms with Crippen LogP contribution >= 0.6 is 0 Å². The molecular formula is C25H27N3O3. The molecule has 160 valence electrons. The van der Waals surface area contributed by atoms with Crippen molar-refractivity contribution in [2.24, 2.45) is 0 Å². The van der Waals surface area contributed by atoms with Crippen LogP contribution in [0.3, 0.4) is 0 Å². The molecule has 1 fully saturated rings. The Labute approximate surface area is 181 Å². The van der Waals surface area contributed by atoms with Crippen LogP contribution in [-0.4, -0.2) is 53.7 Å². The van der Waals surface area contributed by atoms with Gasteiger partial charge in [-0.15, -0.1) is 0 Å². The van der Waals surface area contributed by atoms with Crippen molar-refractivity contribution in [2.75, 3.05) is 37.6 Å². The fraction of sp³-hybridized carbons (Fsp3) is 0.320. The fourth-order valence-electron chi connectivity index (χ4n) is 4.55. The summed E-state index contributed by atoms with van der Waals surface area (Å²) in [6.45, 7) is 5.36. The molecule has 2 aromatic heterocycles. The maximum absolute atomic E-state index is 11.2. The highest BCUT2D eigenvalue weighted by atomic mass is 16.4. The number of benzene rings is 2. The number of furan rings is 1. The number of H-pyrrole nitrogens is 1. The molecule has 5 rings (SSSR count). The number of rotatable bonds is 7. The molecule has 1 aliphatic rings. The molecule has 1 saturated heterocycles. The number of hydrogen-bond donors (Lipinski definition) is 2. The summed E-state index contributed by atoms with van der Waals surface area (Å²) in [5, 5.41) is 11.4. The second-order valence-corrected chi connectivity index (χ2v) is 8.31. The van der Waals surface area contributed by atoms with Crippen molar-refractivity contribution in [2.45, 2.75) is 19.3 Å². The van der Waals surface area contributed by atoms with Gasteiger partial charge in [0, 0.05) is 54.4 Å². The van der Waals surface area contributed by atoms with Crippen LogP contribution in [-0.2, 0) is 6.42 Å². The minimum absolute atomic E-state index is 0.346. The third-order valence-electron chi connectivity index (χ3n) is 6.36. The van der Waals surface area contributed by atoms with Gasteiger partial charge in [-0.3, -0.25) is 4.90 Å². The van der Waals surface area contributed by atoms with E-state index in [1.165, 1.54) is 11.3 Å². The number of carboxylic acids is 1. The molecule has 0 aliphatic carbocycles. The van der Waals surface area contributed by atoms with Crippen LogP contribution in [0.5, 0.6) is 0 Å². The Morgan fingerprint density at radius 1 is 1.03 bits per heavy atom. The van der Waals surface area contributed by atoms with Gasteiger partial charge >= 0.3 is 5.97 Å². The third kappa shape index (κ3) is 4.16. The number of nitrogens with one attached hydrogen (secondary N) is 1. The average molecular weight is 418 g/mol. The van der Waals surface area contributed by atoms with Gasteiger partial charge in [0.2, 0.25) is 0 Å². The molecule has 31 heavy (non-hydrogen) atoms. The number of aromatic carboxylic acids is 1. The van der Waals surface area contributed by atoms with E-state index in [0.717, 1.165) is 73.9 Å². The number of aryl methyl sites for hydroxylation is 1. The molecule has 0 radical (unpaired) electrons. The molecule has 2 aromatic carbocycles. The number of aromatic nitrogens is 1. The van der Waals surface area contributed by atoms with Crippen molar-refractivity contribution in [1.82, 2.24) is 9.88 Å². The van der Waals surface area contributed by atoms with Gasteiger partial charge in [0.05, 0.1) is 11.8 Å². The molecule has 0 bridgehead atoms. The number of nitrogens with zero attached hydrogens (tertiary/aromatic N) is 2. The molecule has 0 spiro atoms. The quantitative estimate of drug-likeness (QED) is 0.424. The van der Waals surface area contributed by atoms with Crippen molar-refractivity contribution in [1.29, 1.82) is 0 Å². The van der Waals surface area contributed by atoms with E-state index < -0.39 is 5.97 Å². The van der Waals surface area contributed by atoms with Gasteiger partial charge in [-0.2, -0.15) is 0 Å². The van der Waals surface area contributed by atoms with E-state index in [1.807, 2.05) is 18.3 Å². The zero-order valence-corrected chi connectivity index (χ0v) is 17.5. The van der Waals surface area contributed by atoms with Crippen LogP contribution in [0.25, 0.3) is 21.9 Å². The smallest absolute Gasteiger partial charge is 0.335 e. The largest absolute Gasteiger partial charge is 0.478 e. The summed E-state index contributed by atoms with van der Waals surface area (Å²) < 4.78 is 5.44. The van der Waals surface area contributed by atoms with E-state index >= 15 is 0 Å². The number of hydrogen-bond acceptors (Lipinski definition) is 4. The molecule has 0 saturated carbocycles. The van der Waals surface area contributed by atoms with Crippen molar-refractivity contribution in [3.05, 3.63) is 66.1 Å². The van der Waals surface area contributed by atoms with Crippen LogP contribution in [0.15, 0.2) is 59.3 Å². The van der Waals surface area contributed by atoms with Gasteiger partial charge in [-0.1, -0.05) is 0 Å². The Hall–Kier alpha value is -3.25. The van der Waals surface area contributed by atoms with Crippen molar-refractivity contribution in [3.63, 3.8) is 0 Å². The van der Waals surface area contributed by atoms with E-state index in [9.17, 15) is 9.90 Å². The van der Waals surface area contributed by atoms with Crippen molar-refractivity contribution in [3.8, 4) is 0 Å². The summed E-state index contributed by atoms with van der Waals surface area (Å²) in [6, 6.07) is 13.7. The zero-order chi connectivity index (χ0) is 21.2. The lowest BCUT2D eigenvalue weighted by Gasteiger charge is -2.36. The number of anilines is 1. The summed E-state index contributed by atoms with van der Waals surface area (Å²) in [6.07, 6.45) is 6.97. The van der Waals surface area contributed by atoms with E-state index in [4.69, 9.17) is 4.42 Å². The first-order chi connectivity index (χ1) is 15.2. The molecular weight excluding hydrogens is 390 g/mol. The lowest BCUT2D eigenvalue weighted by atomic mass is 10.0. The van der Waals surface area contributed by atoms with Gasteiger partial charge in [0.15, 0.2) is 0 Å². The maximum atomic E-state index is 11.2. The first-order valence-corrected chi connectivity index (χ1v) is 11.0. The molecule has 0 unspecified atom stereocenters. The first kappa shape index (κ1) is 19.7. The van der Waals surface area contributed by atoms with E-state index in [-0.39, 0.29) is 0 Å². The van der Waals surface area contributed by atoms with Gasteiger partial charge in [-0.05, 0) is 73.8 Å². The Morgan fingerprint density at radius 2 is 1.90 bits per heavy atom. The molecule has 1 aliphatic heterocycles. The number of carbonyl (C=O) groups is 1. The lowest BCUT2D eigenvalue weighted by molar-refractivity contribution is 0.0697. The highest BCUT2D eigenvalue weighted by molar-refractivity contribution is 5.94. The minimum atomic E-state index is -0.877. The summed E-state index contributed by atoms with van der Waals surface area (Å²) in [4.78, 5) is 19.5. The molecule has 2 N–H and O–H groups in total. The minimum Gasteiger partial charge on any atom is -0.478 e. The molecule has 3 heterocycles. The van der Waals surface area contributed by atoms with Crippen LogP contribution in [0.2, 0.25) is 0 Å². The van der Waals surface area contributed by atoms with E-state index in [0.29, 0.717) is 5.56 Å². The normalized spacial score (nSPS) is 15.2. The third-order valence-corrected chi connectivity index (χ3v) is 6.36. The van der Waals surface area contributed by atoms with Crippen LogP contribution in [0, 0.1) is 0 Å². The molecule has 0 atom stereocenters. The summed E-state index contributed by atoms with van der Waals surface area (Å²) in [7, 11) is 0. The SMILES string of the molecule is O=C(O)c1ccc2[nH]cc(CCCCN3CCN(c4ccc5occc5c4)CC3)c2c1. The van der Waals surface area contributed by atoms with Crippen LogP contribution in [0.4, 0.5) is 5.69 Å². The Bertz CT molecular complexity index is 1200. The average Bonchev–Trinajstić information content (AvgIpc) is 3.43. The van der Waals surface area contributed by atoms with Crippen molar-refractivity contribution >= 4 is 33.5 Å². The van der Waals surface area contributed by atoms with Gasteiger partial charge in [0.1, 0.15) is 5.58 Å². The second kappa shape index (κ2) is 8.47. The summed E-state index contributed by atoms with van der Waals surface area (Å²) in [5.41, 5.74) is 4.77. The summed E-state index contributed by atoms with van der Waals surface area (Å²) >= 11 is 0. The second-order valence-electron chi connectivity index (χ2n) is 8.31. The summed E-state index contributed by atoms with van der Waals surface area (Å²) in [5.74, 6) is -0.877. The number of fused-ring (bicyclic) bond motifs is 2. The van der Waals surface area contributed by atoms with Gasteiger partial charge in [0.25, 0.3) is 0 Å².